The number of rotatable bonds is 6. The summed E-state index contributed by atoms with van der Waals surface area (Å²) in [4.78, 5) is 28.6. The van der Waals surface area contributed by atoms with Gasteiger partial charge in [-0.05, 0) is 35.9 Å². The van der Waals surface area contributed by atoms with E-state index in [-0.39, 0.29) is 18.4 Å². The number of halogens is 1. The van der Waals surface area contributed by atoms with Gasteiger partial charge in [-0.3, -0.25) is 9.59 Å². The molecule has 3 aromatic carbocycles. The first kappa shape index (κ1) is 19.6. The van der Waals surface area contributed by atoms with Crippen LogP contribution in [0.5, 0.6) is 0 Å². The predicted octanol–water partition coefficient (Wildman–Crippen LogP) is 4.93. The van der Waals surface area contributed by atoms with Crippen molar-refractivity contribution in [1.82, 2.24) is 0 Å². The normalized spacial score (nSPS) is 10.4. The van der Waals surface area contributed by atoms with Crippen LogP contribution in [-0.2, 0) is 16.1 Å². The first-order chi connectivity index (χ1) is 13.5. The Bertz CT molecular complexity index is 945. The van der Waals surface area contributed by atoms with Gasteiger partial charge in [0.15, 0.2) is 0 Å². The molecule has 0 saturated heterocycles. The topological polar surface area (TPSA) is 40.6 Å². The van der Waals surface area contributed by atoms with E-state index in [2.05, 4.69) is 0 Å². The average molecular weight is 393 g/mol. The third-order valence-corrected chi connectivity index (χ3v) is 4.58. The molecular weight excluding hydrogens is 372 g/mol. The van der Waals surface area contributed by atoms with Crippen molar-refractivity contribution < 1.29 is 9.59 Å². The van der Waals surface area contributed by atoms with E-state index in [4.69, 9.17) is 11.6 Å². The van der Waals surface area contributed by atoms with Crippen LogP contribution in [0.1, 0.15) is 12.5 Å². The van der Waals surface area contributed by atoms with Gasteiger partial charge >= 0.3 is 0 Å². The second kappa shape index (κ2) is 9.20. The molecule has 3 aromatic rings. The number of nitrogens with zero attached hydrogens (tertiary/aromatic N) is 2. The van der Waals surface area contributed by atoms with Gasteiger partial charge in [0, 0.05) is 23.3 Å². The molecule has 142 valence electrons. The van der Waals surface area contributed by atoms with E-state index in [1.165, 1.54) is 11.8 Å². The number of hydrogen-bond donors (Lipinski definition) is 0. The van der Waals surface area contributed by atoms with Crippen LogP contribution in [0.4, 0.5) is 11.4 Å². The maximum Gasteiger partial charge on any atom is 0.247 e. The summed E-state index contributed by atoms with van der Waals surface area (Å²) in [6.07, 6.45) is 0. The van der Waals surface area contributed by atoms with Gasteiger partial charge in [-0.1, -0.05) is 66.2 Å². The molecule has 3 rings (SSSR count). The third-order valence-electron chi connectivity index (χ3n) is 4.35. The van der Waals surface area contributed by atoms with Crippen LogP contribution in [0, 0.1) is 0 Å². The molecule has 0 aliphatic rings. The number of carbonyl (C=O) groups excluding carboxylic acids is 2. The molecule has 0 fully saturated rings. The van der Waals surface area contributed by atoms with Crippen LogP contribution in [0.3, 0.4) is 0 Å². The standard InChI is InChI=1S/C23H21ClN2O2/c1-18(27)25(22-14-8-11-20(24)15-22)17-23(28)26(21-12-6-3-7-13-21)16-19-9-4-2-5-10-19/h2-15H,16-17H2,1H3. The molecule has 0 unspecified atom stereocenters. The Kier molecular flexibility index (Phi) is 6.45. The summed E-state index contributed by atoms with van der Waals surface area (Å²) in [5, 5.41) is 0.514. The van der Waals surface area contributed by atoms with E-state index in [1.807, 2.05) is 60.7 Å². The summed E-state index contributed by atoms with van der Waals surface area (Å²) >= 11 is 6.06. The van der Waals surface area contributed by atoms with Crippen molar-refractivity contribution in [3.63, 3.8) is 0 Å². The Morgan fingerprint density at radius 2 is 1.39 bits per heavy atom. The van der Waals surface area contributed by atoms with Crippen LogP contribution in [-0.4, -0.2) is 18.4 Å². The predicted molar refractivity (Wildman–Crippen MR) is 114 cm³/mol. The lowest BCUT2D eigenvalue weighted by molar-refractivity contribution is -0.121. The largest absolute Gasteiger partial charge is 0.306 e. The number of hydrogen-bond acceptors (Lipinski definition) is 2. The van der Waals surface area contributed by atoms with Gasteiger partial charge < -0.3 is 9.80 Å². The molecule has 0 saturated carbocycles. The van der Waals surface area contributed by atoms with Crippen LogP contribution >= 0.6 is 11.6 Å². The molecule has 0 spiro atoms. The van der Waals surface area contributed by atoms with Crippen LogP contribution < -0.4 is 9.80 Å². The summed E-state index contributed by atoms with van der Waals surface area (Å²) in [6.45, 7) is 1.79. The summed E-state index contributed by atoms with van der Waals surface area (Å²) in [6, 6.07) is 26.2. The third kappa shape index (κ3) is 4.99. The molecule has 0 aliphatic carbocycles. The summed E-state index contributed by atoms with van der Waals surface area (Å²) in [5.41, 5.74) is 2.39. The molecule has 0 aliphatic heterocycles. The highest BCUT2D eigenvalue weighted by atomic mass is 35.5. The SMILES string of the molecule is CC(=O)N(CC(=O)N(Cc1ccccc1)c1ccccc1)c1cccc(Cl)c1. The highest BCUT2D eigenvalue weighted by Gasteiger charge is 2.22. The fourth-order valence-electron chi connectivity index (χ4n) is 2.95. The van der Waals surface area contributed by atoms with Gasteiger partial charge in [0.05, 0.1) is 6.54 Å². The van der Waals surface area contributed by atoms with E-state index in [1.54, 1.807) is 29.2 Å². The van der Waals surface area contributed by atoms with Gasteiger partial charge in [0.25, 0.3) is 0 Å². The van der Waals surface area contributed by atoms with Gasteiger partial charge in [0.2, 0.25) is 11.8 Å². The quantitative estimate of drug-likeness (QED) is 0.597. The number of amides is 2. The Balaban J connectivity index is 1.88. The van der Waals surface area contributed by atoms with Crippen molar-refractivity contribution in [3.8, 4) is 0 Å². The van der Waals surface area contributed by atoms with Gasteiger partial charge in [0.1, 0.15) is 6.54 Å². The van der Waals surface area contributed by atoms with E-state index < -0.39 is 0 Å². The molecule has 0 radical (unpaired) electrons. The summed E-state index contributed by atoms with van der Waals surface area (Å²) in [7, 11) is 0. The Hall–Kier alpha value is -3.11. The minimum Gasteiger partial charge on any atom is -0.306 e. The average Bonchev–Trinajstić information content (AvgIpc) is 2.71. The monoisotopic (exact) mass is 392 g/mol. The molecule has 0 aromatic heterocycles. The molecule has 0 N–H and O–H groups in total. The highest BCUT2D eigenvalue weighted by Crippen LogP contribution is 2.22. The summed E-state index contributed by atoms with van der Waals surface area (Å²) in [5.74, 6) is -0.395. The van der Waals surface area contributed by atoms with E-state index in [0.29, 0.717) is 17.3 Å². The first-order valence-corrected chi connectivity index (χ1v) is 9.35. The van der Waals surface area contributed by atoms with Gasteiger partial charge in [-0.15, -0.1) is 0 Å². The number of carbonyl (C=O) groups is 2. The second-order valence-corrected chi connectivity index (χ2v) is 6.82. The molecule has 4 nitrogen and oxygen atoms in total. The van der Waals surface area contributed by atoms with Crippen molar-refractivity contribution in [1.29, 1.82) is 0 Å². The number of anilines is 2. The van der Waals surface area contributed by atoms with Gasteiger partial charge in [-0.2, -0.15) is 0 Å². The molecule has 2 amide bonds. The van der Waals surface area contributed by atoms with Crippen molar-refractivity contribution in [3.05, 3.63) is 95.5 Å². The van der Waals surface area contributed by atoms with Crippen LogP contribution in [0.2, 0.25) is 5.02 Å². The van der Waals surface area contributed by atoms with Gasteiger partial charge in [-0.25, -0.2) is 0 Å². The molecule has 28 heavy (non-hydrogen) atoms. The molecule has 0 atom stereocenters. The molecule has 0 heterocycles. The lowest BCUT2D eigenvalue weighted by Gasteiger charge is -2.27. The van der Waals surface area contributed by atoms with E-state index in [9.17, 15) is 9.59 Å². The molecular formula is C23H21ClN2O2. The van der Waals surface area contributed by atoms with E-state index >= 15 is 0 Å². The minimum atomic E-state index is -0.219. The minimum absolute atomic E-state index is 0.0720. The molecule has 5 heteroatoms. The highest BCUT2D eigenvalue weighted by molar-refractivity contribution is 6.31. The number of benzene rings is 3. The van der Waals surface area contributed by atoms with Crippen molar-refractivity contribution in [2.75, 3.05) is 16.3 Å². The Morgan fingerprint density at radius 3 is 2.00 bits per heavy atom. The van der Waals surface area contributed by atoms with Crippen molar-refractivity contribution in [2.24, 2.45) is 0 Å². The fraction of sp³-hybridized carbons (Fsp3) is 0.130. The van der Waals surface area contributed by atoms with Crippen molar-refractivity contribution >= 4 is 34.8 Å². The first-order valence-electron chi connectivity index (χ1n) is 8.97. The smallest absolute Gasteiger partial charge is 0.247 e. The zero-order chi connectivity index (χ0) is 19.9. The molecule has 0 bridgehead atoms. The maximum absolute atomic E-state index is 13.2. The van der Waals surface area contributed by atoms with Crippen LogP contribution in [0.15, 0.2) is 84.9 Å². The lowest BCUT2D eigenvalue weighted by atomic mass is 10.2. The number of para-hydroxylation sites is 1. The summed E-state index contributed by atoms with van der Waals surface area (Å²) < 4.78 is 0. The second-order valence-electron chi connectivity index (χ2n) is 6.39. The maximum atomic E-state index is 13.2. The van der Waals surface area contributed by atoms with E-state index in [0.717, 1.165) is 11.3 Å². The Labute approximate surface area is 170 Å². The fourth-order valence-corrected chi connectivity index (χ4v) is 3.13. The lowest BCUT2D eigenvalue weighted by Crippen LogP contribution is -2.42. The zero-order valence-electron chi connectivity index (χ0n) is 15.6. The Morgan fingerprint density at radius 1 is 0.786 bits per heavy atom. The van der Waals surface area contributed by atoms with Crippen LogP contribution in [0.25, 0.3) is 0 Å². The van der Waals surface area contributed by atoms with Crippen molar-refractivity contribution in [2.45, 2.75) is 13.5 Å². The zero-order valence-corrected chi connectivity index (χ0v) is 16.3.